The Morgan fingerprint density at radius 1 is 1.56 bits per heavy atom. The predicted molar refractivity (Wildman–Crippen MR) is 64.3 cm³/mol. The lowest BCUT2D eigenvalue weighted by Crippen LogP contribution is -2.20. The Labute approximate surface area is 111 Å². The van der Waals surface area contributed by atoms with Crippen molar-refractivity contribution < 1.29 is 23.8 Å². The smallest absolute Gasteiger partial charge is 0.305 e. The number of benzene rings is 1. The number of rotatable bonds is 3. The van der Waals surface area contributed by atoms with E-state index in [0.29, 0.717) is 19.0 Å². The number of carbonyl (C=O) groups is 1. The lowest BCUT2D eigenvalue weighted by Gasteiger charge is -2.22. The fourth-order valence-corrected chi connectivity index (χ4v) is 2.25. The van der Waals surface area contributed by atoms with E-state index in [1.165, 1.54) is 6.07 Å². The number of fused-ring (bicyclic) bond motifs is 1. The lowest BCUT2D eigenvalue weighted by molar-refractivity contribution is -0.137. The number of hydrogen-bond acceptors (Lipinski definition) is 4. The van der Waals surface area contributed by atoms with Crippen molar-refractivity contribution in [1.82, 2.24) is 0 Å². The van der Waals surface area contributed by atoms with Crippen molar-refractivity contribution >= 4 is 21.9 Å². The van der Waals surface area contributed by atoms with E-state index in [1.54, 1.807) is 0 Å². The minimum Gasteiger partial charge on any atom is -0.486 e. The van der Waals surface area contributed by atoms with E-state index in [1.807, 2.05) is 0 Å². The van der Waals surface area contributed by atoms with Crippen LogP contribution >= 0.6 is 15.9 Å². The summed E-state index contributed by atoms with van der Waals surface area (Å²) in [6, 6.07) is 0.456. The first kappa shape index (κ1) is 13.1. The molecule has 0 saturated heterocycles. The first-order valence-electron chi connectivity index (χ1n) is 5.25. The molecule has 7 heteroatoms. The molecule has 0 aromatic heterocycles. The van der Waals surface area contributed by atoms with Crippen LogP contribution in [0, 0.1) is 5.82 Å². The number of hydrogen-bond donors (Lipinski definition) is 2. The van der Waals surface area contributed by atoms with Gasteiger partial charge in [-0.05, 0) is 22.0 Å². The van der Waals surface area contributed by atoms with Crippen LogP contribution in [0.25, 0.3) is 0 Å². The molecule has 1 atom stereocenters. The van der Waals surface area contributed by atoms with Gasteiger partial charge >= 0.3 is 5.97 Å². The van der Waals surface area contributed by atoms with Gasteiger partial charge in [-0.1, -0.05) is 0 Å². The number of halogens is 2. The molecule has 0 spiro atoms. The summed E-state index contributed by atoms with van der Waals surface area (Å²) in [5.74, 6) is -1.06. The van der Waals surface area contributed by atoms with Crippen LogP contribution in [-0.4, -0.2) is 24.3 Å². The zero-order chi connectivity index (χ0) is 13.3. The topological polar surface area (TPSA) is 81.8 Å². The second kappa shape index (κ2) is 5.11. The van der Waals surface area contributed by atoms with Crippen molar-refractivity contribution in [1.29, 1.82) is 0 Å². The molecular weight excluding hydrogens is 309 g/mol. The highest BCUT2D eigenvalue weighted by Gasteiger charge is 2.25. The Balaban J connectivity index is 2.42. The molecule has 1 heterocycles. The zero-order valence-electron chi connectivity index (χ0n) is 9.28. The third kappa shape index (κ3) is 2.41. The molecule has 18 heavy (non-hydrogen) atoms. The lowest BCUT2D eigenvalue weighted by atomic mass is 10.0. The van der Waals surface area contributed by atoms with E-state index < -0.39 is 17.8 Å². The second-order valence-corrected chi connectivity index (χ2v) is 4.62. The zero-order valence-corrected chi connectivity index (χ0v) is 10.9. The highest BCUT2D eigenvalue weighted by atomic mass is 79.9. The maximum atomic E-state index is 14.0. The molecule has 0 amide bonds. The van der Waals surface area contributed by atoms with Crippen LogP contribution in [0.2, 0.25) is 0 Å². The minimum atomic E-state index is -1.09. The molecule has 0 radical (unpaired) electrons. The van der Waals surface area contributed by atoms with Crippen molar-refractivity contribution in [3.05, 3.63) is 21.9 Å². The summed E-state index contributed by atoms with van der Waals surface area (Å²) in [5.41, 5.74) is 5.75. The second-order valence-electron chi connectivity index (χ2n) is 3.82. The van der Waals surface area contributed by atoms with Gasteiger partial charge in [0.25, 0.3) is 0 Å². The van der Waals surface area contributed by atoms with Gasteiger partial charge < -0.3 is 20.3 Å². The Bertz CT molecular complexity index is 494. The van der Waals surface area contributed by atoms with E-state index in [9.17, 15) is 9.18 Å². The molecule has 5 nitrogen and oxygen atoms in total. The summed E-state index contributed by atoms with van der Waals surface area (Å²) < 4.78 is 24.8. The maximum absolute atomic E-state index is 14.0. The predicted octanol–water partition coefficient (Wildman–Crippen LogP) is 1.83. The molecule has 1 unspecified atom stereocenters. The van der Waals surface area contributed by atoms with Gasteiger partial charge in [-0.15, -0.1) is 0 Å². The van der Waals surface area contributed by atoms with Gasteiger partial charge in [0.1, 0.15) is 19.0 Å². The standard InChI is InChI=1S/C11H11BrFNO4/c12-9-10(13)5(6(14)4-8(15)16)3-7-11(9)18-2-1-17-7/h3,6H,1-2,4,14H2,(H,15,16). The van der Waals surface area contributed by atoms with Gasteiger partial charge in [-0.2, -0.15) is 0 Å². The molecule has 3 N–H and O–H groups in total. The van der Waals surface area contributed by atoms with E-state index in [-0.39, 0.29) is 22.2 Å². The minimum absolute atomic E-state index is 0.0912. The molecule has 0 saturated carbocycles. The summed E-state index contributed by atoms with van der Waals surface area (Å²) in [4.78, 5) is 10.6. The van der Waals surface area contributed by atoms with E-state index in [0.717, 1.165) is 0 Å². The largest absolute Gasteiger partial charge is 0.486 e. The summed E-state index contributed by atoms with van der Waals surface area (Å²) in [6.07, 6.45) is -0.358. The molecular formula is C11H11BrFNO4. The van der Waals surface area contributed by atoms with Crippen molar-refractivity contribution in [2.24, 2.45) is 5.73 Å². The Kier molecular flexibility index (Phi) is 3.72. The van der Waals surface area contributed by atoms with E-state index >= 15 is 0 Å². The van der Waals surface area contributed by atoms with Crippen LogP contribution in [-0.2, 0) is 4.79 Å². The number of nitrogens with two attached hydrogens (primary N) is 1. The average Bonchev–Trinajstić information content (AvgIpc) is 2.33. The van der Waals surface area contributed by atoms with Crippen molar-refractivity contribution in [2.45, 2.75) is 12.5 Å². The monoisotopic (exact) mass is 319 g/mol. The Morgan fingerprint density at radius 3 is 2.89 bits per heavy atom. The molecule has 1 aromatic carbocycles. The fraction of sp³-hybridized carbons (Fsp3) is 0.364. The molecule has 98 valence electrons. The molecule has 1 aliphatic rings. The highest BCUT2D eigenvalue weighted by Crippen LogP contribution is 2.42. The molecule has 1 aliphatic heterocycles. The number of carboxylic acid groups (broad SMARTS) is 1. The number of carboxylic acids is 1. The normalized spacial score (nSPS) is 15.3. The quantitative estimate of drug-likeness (QED) is 0.888. The number of aliphatic carboxylic acids is 1. The van der Waals surface area contributed by atoms with Gasteiger partial charge in [0, 0.05) is 11.6 Å². The van der Waals surface area contributed by atoms with E-state index in [4.69, 9.17) is 20.3 Å². The highest BCUT2D eigenvalue weighted by molar-refractivity contribution is 9.10. The van der Waals surface area contributed by atoms with Gasteiger partial charge in [0.05, 0.1) is 10.9 Å². The third-order valence-corrected chi connectivity index (χ3v) is 3.25. The van der Waals surface area contributed by atoms with Crippen LogP contribution in [0.1, 0.15) is 18.0 Å². The third-order valence-electron chi connectivity index (χ3n) is 2.54. The SMILES string of the molecule is NC(CC(=O)O)c1cc2c(c(Br)c1F)OCCO2. The summed E-state index contributed by atoms with van der Waals surface area (Å²) in [7, 11) is 0. The molecule has 1 aromatic rings. The average molecular weight is 320 g/mol. The first-order valence-corrected chi connectivity index (χ1v) is 6.05. The van der Waals surface area contributed by atoms with Crippen LogP contribution in [0.5, 0.6) is 11.5 Å². The molecule has 2 rings (SSSR count). The van der Waals surface area contributed by atoms with Crippen LogP contribution in [0.3, 0.4) is 0 Å². The van der Waals surface area contributed by atoms with Crippen molar-refractivity contribution in [2.75, 3.05) is 13.2 Å². The van der Waals surface area contributed by atoms with Crippen LogP contribution in [0.4, 0.5) is 4.39 Å². The maximum Gasteiger partial charge on any atom is 0.305 e. The fourth-order valence-electron chi connectivity index (χ4n) is 1.71. The van der Waals surface area contributed by atoms with Crippen LogP contribution < -0.4 is 15.2 Å². The van der Waals surface area contributed by atoms with E-state index in [2.05, 4.69) is 15.9 Å². The van der Waals surface area contributed by atoms with Gasteiger partial charge in [0.2, 0.25) is 0 Å². The molecule has 0 aliphatic carbocycles. The first-order chi connectivity index (χ1) is 8.50. The molecule has 0 fully saturated rings. The Morgan fingerprint density at radius 2 is 2.22 bits per heavy atom. The summed E-state index contributed by atoms with van der Waals surface area (Å²) in [5, 5.41) is 8.67. The van der Waals surface area contributed by atoms with Gasteiger partial charge in [0.15, 0.2) is 11.5 Å². The Hall–Kier alpha value is -1.34. The van der Waals surface area contributed by atoms with Crippen molar-refractivity contribution in [3.63, 3.8) is 0 Å². The molecule has 0 bridgehead atoms. The summed E-state index contributed by atoms with van der Waals surface area (Å²) >= 11 is 3.07. The summed E-state index contributed by atoms with van der Waals surface area (Å²) in [6.45, 7) is 0.699. The van der Waals surface area contributed by atoms with Crippen LogP contribution in [0.15, 0.2) is 10.5 Å². The van der Waals surface area contributed by atoms with Gasteiger partial charge in [-0.25, -0.2) is 4.39 Å². The van der Waals surface area contributed by atoms with Gasteiger partial charge in [-0.3, -0.25) is 4.79 Å². The number of ether oxygens (including phenoxy) is 2. The van der Waals surface area contributed by atoms with Crippen molar-refractivity contribution in [3.8, 4) is 11.5 Å².